The van der Waals surface area contributed by atoms with Crippen molar-refractivity contribution in [2.24, 2.45) is 0 Å². The first-order valence-electron chi connectivity index (χ1n) is 6.87. The standard InChI is InChI=1S/C17H19F2NO/c1-11(13-6-4-7-14(18)10-13)20-12(2)17-15(19)8-5-9-16(17)21-3/h4-12,20H,1-3H3/t11-,12?/m0/s1. The zero-order chi connectivity index (χ0) is 15.4. The van der Waals surface area contributed by atoms with Crippen LogP contribution in [0.2, 0.25) is 0 Å². The Balaban J connectivity index is 2.20. The van der Waals surface area contributed by atoms with Gasteiger partial charge in [-0.15, -0.1) is 0 Å². The molecule has 2 atom stereocenters. The monoisotopic (exact) mass is 291 g/mol. The molecule has 0 aromatic heterocycles. The van der Waals surface area contributed by atoms with Gasteiger partial charge in [-0.25, -0.2) is 8.78 Å². The van der Waals surface area contributed by atoms with E-state index < -0.39 is 0 Å². The Bertz CT molecular complexity index is 615. The molecular formula is C17H19F2NO. The van der Waals surface area contributed by atoms with Crippen molar-refractivity contribution in [1.82, 2.24) is 5.32 Å². The van der Waals surface area contributed by atoms with Crippen molar-refractivity contribution in [2.45, 2.75) is 25.9 Å². The zero-order valence-electron chi connectivity index (χ0n) is 12.4. The van der Waals surface area contributed by atoms with Gasteiger partial charge in [0.05, 0.1) is 7.11 Å². The van der Waals surface area contributed by atoms with Crippen LogP contribution in [0.3, 0.4) is 0 Å². The summed E-state index contributed by atoms with van der Waals surface area (Å²) in [6.45, 7) is 3.77. The van der Waals surface area contributed by atoms with Crippen LogP contribution in [0, 0.1) is 11.6 Å². The van der Waals surface area contributed by atoms with Gasteiger partial charge in [0.25, 0.3) is 0 Å². The minimum absolute atomic E-state index is 0.111. The molecule has 2 aromatic carbocycles. The SMILES string of the molecule is COc1cccc(F)c1C(C)N[C@@H](C)c1cccc(F)c1. The highest BCUT2D eigenvalue weighted by Crippen LogP contribution is 2.29. The summed E-state index contributed by atoms with van der Waals surface area (Å²) in [6.07, 6.45) is 0. The first-order valence-corrected chi connectivity index (χ1v) is 6.87. The molecule has 0 heterocycles. The maximum absolute atomic E-state index is 14.0. The lowest BCUT2D eigenvalue weighted by Gasteiger charge is -2.22. The number of halogens is 2. The normalized spacial score (nSPS) is 13.8. The van der Waals surface area contributed by atoms with Gasteiger partial charge in [-0.3, -0.25) is 0 Å². The molecule has 0 amide bonds. The Labute approximate surface area is 123 Å². The van der Waals surface area contributed by atoms with Crippen molar-refractivity contribution in [3.63, 3.8) is 0 Å². The van der Waals surface area contributed by atoms with E-state index in [0.717, 1.165) is 5.56 Å². The summed E-state index contributed by atoms with van der Waals surface area (Å²) >= 11 is 0. The molecule has 0 aliphatic heterocycles. The van der Waals surface area contributed by atoms with Crippen molar-refractivity contribution < 1.29 is 13.5 Å². The maximum atomic E-state index is 14.0. The van der Waals surface area contributed by atoms with E-state index in [0.29, 0.717) is 11.3 Å². The third-order valence-corrected chi connectivity index (χ3v) is 3.51. The van der Waals surface area contributed by atoms with E-state index in [4.69, 9.17) is 4.74 Å². The van der Waals surface area contributed by atoms with Gasteiger partial charge >= 0.3 is 0 Å². The lowest BCUT2D eigenvalue weighted by atomic mass is 10.0. The van der Waals surface area contributed by atoms with Gasteiger partial charge < -0.3 is 10.1 Å². The number of hydrogen-bond donors (Lipinski definition) is 1. The molecule has 1 unspecified atom stereocenters. The van der Waals surface area contributed by atoms with E-state index in [2.05, 4.69) is 5.32 Å². The molecule has 0 saturated heterocycles. The Morgan fingerprint density at radius 3 is 2.38 bits per heavy atom. The predicted molar refractivity (Wildman–Crippen MR) is 79.3 cm³/mol. The van der Waals surface area contributed by atoms with Crippen LogP contribution in [-0.2, 0) is 0 Å². The second-order valence-corrected chi connectivity index (χ2v) is 5.02. The Kier molecular flexibility index (Phi) is 4.91. The molecule has 0 radical (unpaired) electrons. The van der Waals surface area contributed by atoms with Crippen LogP contribution in [0.5, 0.6) is 5.75 Å². The second-order valence-electron chi connectivity index (χ2n) is 5.02. The number of benzene rings is 2. The molecule has 0 saturated carbocycles. The highest BCUT2D eigenvalue weighted by molar-refractivity contribution is 5.37. The summed E-state index contributed by atoms with van der Waals surface area (Å²) in [5.41, 5.74) is 1.29. The van der Waals surface area contributed by atoms with Crippen LogP contribution in [0.1, 0.15) is 37.1 Å². The van der Waals surface area contributed by atoms with Gasteiger partial charge in [-0.2, -0.15) is 0 Å². The van der Waals surface area contributed by atoms with Gasteiger partial charge in [0.2, 0.25) is 0 Å². The number of nitrogens with one attached hydrogen (secondary N) is 1. The highest BCUT2D eigenvalue weighted by Gasteiger charge is 2.18. The largest absolute Gasteiger partial charge is 0.496 e. The Hall–Kier alpha value is -1.94. The molecule has 0 aliphatic carbocycles. The molecule has 112 valence electrons. The topological polar surface area (TPSA) is 21.3 Å². The average Bonchev–Trinajstić information content (AvgIpc) is 2.46. The van der Waals surface area contributed by atoms with Gasteiger partial charge in [-0.05, 0) is 43.7 Å². The number of hydrogen-bond acceptors (Lipinski definition) is 2. The Morgan fingerprint density at radius 1 is 1.00 bits per heavy atom. The van der Waals surface area contributed by atoms with Crippen molar-refractivity contribution in [1.29, 1.82) is 0 Å². The maximum Gasteiger partial charge on any atom is 0.131 e. The van der Waals surface area contributed by atoms with Crippen LogP contribution in [0.25, 0.3) is 0 Å². The number of ether oxygens (including phenoxy) is 1. The molecule has 0 spiro atoms. The summed E-state index contributed by atoms with van der Waals surface area (Å²) in [5.74, 6) is -0.0977. The molecule has 0 bridgehead atoms. The fourth-order valence-electron chi connectivity index (χ4n) is 2.45. The van der Waals surface area contributed by atoms with Gasteiger partial charge in [-0.1, -0.05) is 18.2 Å². The molecule has 2 nitrogen and oxygen atoms in total. The summed E-state index contributed by atoms with van der Waals surface area (Å²) in [4.78, 5) is 0. The third-order valence-electron chi connectivity index (χ3n) is 3.51. The summed E-state index contributed by atoms with van der Waals surface area (Å²) in [7, 11) is 1.51. The van der Waals surface area contributed by atoms with Crippen LogP contribution in [-0.4, -0.2) is 7.11 Å². The smallest absolute Gasteiger partial charge is 0.131 e. The molecule has 1 N–H and O–H groups in total. The molecular weight excluding hydrogens is 272 g/mol. The van der Waals surface area contributed by atoms with Crippen LogP contribution >= 0.6 is 0 Å². The van der Waals surface area contributed by atoms with E-state index in [1.165, 1.54) is 25.3 Å². The molecule has 2 rings (SSSR count). The fraction of sp³-hybridized carbons (Fsp3) is 0.294. The molecule has 21 heavy (non-hydrogen) atoms. The highest BCUT2D eigenvalue weighted by atomic mass is 19.1. The van der Waals surface area contributed by atoms with Crippen molar-refractivity contribution >= 4 is 0 Å². The van der Waals surface area contributed by atoms with E-state index in [1.807, 2.05) is 19.9 Å². The Morgan fingerprint density at radius 2 is 1.71 bits per heavy atom. The lowest BCUT2D eigenvalue weighted by Crippen LogP contribution is -2.23. The van der Waals surface area contributed by atoms with Crippen LogP contribution < -0.4 is 10.1 Å². The van der Waals surface area contributed by atoms with Gasteiger partial charge in [0, 0.05) is 17.6 Å². The first kappa shape index (κ1) is 15.4. The number of rotatable bonds is 5. The zero-order valence-corrected chi connectivity index (χ0v) is 12.4. The number of methoxy groups -OCH3 is 1. The lowest BCUT2D eigenvalue weighted by molar-refractivity contribution is 0.387. The van der Waals surface area contributed by atoms with Gasteiger partial charge in [0.15, 0.2) is 0 Å². The van der Waals surface area contributed by atoms with Crippen molar-refractivity contribution in [3.05, 3.63) is 65.2 Å². The second kappa shape index (κ2) is 6.68. The van der Waals surface area contributed by atoms with Crippen LogP contribution in [0.4, 0.5) is 8.78 Å². The summed E-state index contributed by atoms with van der Waals surface area (Å²) < 4.78 is 32.5. The fourth-order valence-corrected chi connectivity index (χ4v) is 2.45. The quantitative estimate of drug-likeness (QED) is 0.882. The van der Waals surface area contributed by atoms with E-state index in [9.17, 15) is 8.78 Å². The van der Waals surface area contributed by atoms with Gasteiger partial charge in [0.1, 0.15) is 17.4 Å². The minimum atomic E-state index is -0.319. The minimum Gasteiger partial charge on any atom is -0.496 e. The molecule has 0 aliphatic rings. The summed E-state index contributed by atoms with van der Waals surface area (Å²) in [5, 5.41) is 3.27. The third kappa shape index (κ3) is 3.58. The first-order chi connectivity index (χ1) is 10.0. The van der Waals surface area contributed by atoms with Crippen molar-refractivity contribution in [3.8, 4) is 5.75 Å². The van der Waals surface area contributed by atoms with E-state index in [-0.39, 0.29) is 23.7 Å². The van der Waals surface area contributed by atoms with E-state index >= 15 is 0 Å². The molecule has 0 fully saturated rings. The predicted octanol–water partition coefficient (Wildman–Crippen LogP) is 4.39. The summed E-state index contributed by atoms with van der Waals surface area (Å²) in [6, 6.07) is 10.7. The van der Waals surface area contributed by atoms with E-state index in [1.54, 1.807) is 18.2 Å². The van der Waals surface area contributed by atoms with Crippen LogP contribution in [0.15, 0.2) is 42.5 Å². The molecule has 4 heteroatoms. The average molecular weight is 291 g/mol. The molecule has 2 aromatic rings. The van der Waals surface area contributed by atoms with Crippen molar-refractivity contribution in [2.75, 3.05) is 7.11 Å².